The topological polar surface area (TPSA) is 23.8 Å². The molecule has 2 fully saturated rings. The van der Waals surface area contributed by atoms with Crippen LogP contribution in [0.25, 0.3) is 0 Å². The van der Waals surface area contributed by atoms with Crippen molar-refractivity contribution in [2.45, 2.75) is 90.4 Å². The van der Waals surface area contributed by atoms with Crippen molar-refractivity contribution < 1.29 is 8.78 Å². The molecule has 0 amide bonds. The lowest BCUT2D eigenvalue weighted by atomic mass is 9.68. The van der Waals surface area contributed by atoms with Crippen molar-refractivity contribution in [2.75, 3.05) is 0 Å². The summed E-state index contributed by atoms with van der Waals surface area (Å²) in [6, 6.07) is 4.27. The zero-order valence-electron chi connectivity index (χ0n) is 17.4. The monoisotopic (exact) mass is 387 g/mol. The standard InChI is InChI=1S/C25H35F2N/c1-2-3-4-18-7-11-21(12-8-18)22-13-9-19(10-14-22)5-6-20-15-24(26)23(17-28)25(27)16-20/h15-16,18-19,21-22H,2-14H2,1H3/t18-,19-,21-,22-. The number of hydrogen-bond acceptors (Lipinski definition) is 1. The molecule has 0 heterocycles. The maximum Gasteiger partial charge on any atom is 0.144 e. The quantitative estimate of drug-likeness (QED) is 0.473. The summed E-state index contributed by atoms with van der Waals surface area (Å²) in [5.74, 6) is 2.07. The fourth-order valence-corrected chi connectivity index (χ4v) is 5.64. The van der Waals surface area contributed by atoms with Crippen molar-refractivity contribution in [3.8, 4) is 6.07 Å². The number of nitrogens with zero attached hydrogens (tertiary/aromatic N) is 1. The van der Waals surface area contributed by atoms with Gasteiger partial charge in [-0.1, -0.05) is 51.9 Å². The molecule has 28 heavy (non-hydrogen) atoms. The van der Waals surface area contributed by atoms with Gasteiger partial charge in [0.15, 0.2) is 0 Å². The van der Waals surface area contributed by atoms with E-state index in [2.05, 4.69) is 6.92 Å². The molecule has 0 N–H and O–H groups in total. The average Bonchev–Trinajstić information content (AvgIpc) is 2.71. The molecule has 154 valence electrons. The SMILES string of the molecule is CCCC[C@H]1CC[C@H]([C@H]2CC[C@H](CCc3cc(F)c(C#N)c(F)c3)CC2)CC1. The van der Waals surface area contributed by atoms with Crippen molar-refractivity contribution in [3.63, 3.8) is 0 Å². The molecule has 0 saturated heterocycles. The number of hydrogen-bond donors (Lipinski definition) is 0. The Morgan fingerprint density at radius 2 is 1.36 bits per heavy atom. The Hall–Kier alpha value is -1.43. The normalized spacial score (nSPS) is 28.1. The van der Waals surface area contributed by atoms with Crippen LogP contribution in [-0.2, 0) is 6.42 Å². The molecule has 2 aliphatic carbocycles. The second kappa shape index (κ2) is 10.4. The molecule has 2 aliphatic rings. The van der Waals surface area contributed by atoms with Gasteiger partial charge in [0.05, 0.1) is 0 Å². The minimum Gasteiger partial charge on any atom is -0.205 e. The van der Waals surface area contributed by atoms with Gasteiger partial charge in [-0.15, -0.1) is 0 Å². The lowest BCUT2D eigenvalue weighted by molar-refractivity contribution is 0.140. The van der Waals surface area contributed by atoms with Crippen molar-refractivity contribution in [2.24, 2.45) is 23.7 Å². The number of nitriles is 1. The molecule has 3 rings (SSSR count). The molecule has 0 aliphatic heterocycles. The van der Waals surface area contributed by atoms with Crippen LogP contribution in [0.5, 0.6) is 0 Å². The van der Waals surface area contributed by atoms with Crippen molar-refractivity contribution in [1.82, 2.24) is 0 Å². The van der Waals surface area contributed by atoms with Crippen LogP contribution < -0.4 is 0 Å². The molecule has 0 spiro atoms. The maximum absolute atomic E-state index is 13.8. The van der Waals surface area contributed by atoms with E-state index in [-0.39, 0.29) is 0 Å². The van der Waals surface area contributed by atoms with Gasteiger partial charge >= 0.3 is 0 Å². The number of rotatable bonds is 7. The molecule has 1 aromatic carbocycles. The first-order chi connectivity index (χ1) is 13.6. The largest absolute Gasteiger partial charge is 0.205 e. The third-order valence-corrected chi connectivity index (χ3v) is 7.47. The van der Waals surface area contributed by atoms with Gasteiger partial charge in [0, 0.05) is 0 Å². The van der Waals surface area contributed by atoms with E-state index in [1.54, 1.807) is 6.07 Å². The van der Waals surface area contributed by atoms with E-state index in [4.69, 9.17) is 5.26 Å². The summed E-state index contributed by atoms with van der Waals surface area (Å²) in [5, 5.41) is 8.78. The van der Waals surface area contributed by atoms with Crippen LogP contribution in [0.4, 0.5) is 8.78 Å². The smallest absolute Gasteiger partial charge is 0.144 e. The molecule has 1 nitrogen and oxygen atoms in total. The first-order valence-corrected chi connectivity index (χ1v) is 11.5. The van der Waals surface area contributed by atoms with Crippen molar-refractivity contribution >= 4 is 0 Å². The first-order valence-electron chi connectivity index (χ1n) is 11.5. The van der Waals surface area contributed by atoms with Crippen LogP contribution >= 0.6 is 0 Å². The highest BCUT2D eigenvalue weighted by molar-refractivity contribution is 5.35. The summed E-state index contributed by atoms with van der Waals surface area (Å²) in [6.45, 7) is 2.29. The van der Waals surface area contributed by atoms with Crippen LogP contribution in [0.1, 0.15) is 95.1 Å². The van der Waals surface area contributed by atoms with E-state index in [0.29, 0.717) is 17.9 Å². The van der Waals surface area contributed by atoms with E-state index < -0.39 is 17.2 Å². The summed E-state index contributed by atoms with van der Waals surface area (Å²) < 4.78 is 27.5. The minimum atomic E-state index is -0.726. The Morgan fingerprint density at radius 1 is 0.857 bits per heavy atom. The number of benzene rings is 1. The van der Waals surface area contributed by atoms with Crippen LogP contribution in [0, 0.1) is 46.6 Å². The van der Waals surface area contributed by atoms with E-state index in [0.717, 1.165) is 24.2 Å². The molecule has 0 radical (unpaired) electrons. The van der Waals surface area contributed by atoms with Gasteiger partial charge in [-0.25, -0.2) is 8.78 Å². The molecule has 1 aromatic rings. The van der Waals surface area contributed by atoms with Crippen molar-refractivity contribution in [3.05, 3.63) is 34.9 Å². The number of unbranched alkanes of at least 4 members (excludes halogenated alkanes) is 1. The van der Waals surface area contributed by atoms with Gasteiger partial charge in [0.1, 0.15) is 23.3 Å². The lowest BCUT2D eigenvalue weighted by Crippen LogP contribution is -2.26. The fourth-order valence-electron chi connectivity index (χ4n) is 5.64. The Labute approximate surface area is 169 Å². The summed E-state index contributed by atoms with van der Waals surface area (Å²) >= 11 is 0. The Kier molecular flexibility index (Phi) is 7.89. The summed E-state index contributed by atoms with van der Waals surface area (Å²) in [4.78, 5) is 0. The second-order valence-electron chi connectivity index (χ2n) is 9.29. The first kappa shape index (κ1) is 21.3. The zero-order chi connectivity index (χ0) is 19.9. The third-order valence-electron chi connectivity index (χ3n) is 7.47. The lowest BCUT2D eigenvalue weighted by Gasteiger charge is -2.38. The van der Waals surface area contributed by atoms with Crippen LogP contribution in [0.15, 0.2) is 12.1 Å². The van der Waals surface area contributed by atoms with Crippen molar-refractivity contribution in [1.29, 1.82) is 5.26 Å². The van der Waals surface area contributed by atoms with Crippen LogP contribution in [-0.4, -0.2) is 0 Å². The molecule has 2 saturated carbocycles. The van der Waals surface area contributed by atoms with Gasteiger partial charge < -0.3 is 0 Å². The average molecular weight is 388 g/mol. The molecular weight excluding hydrogens is 352 g/mol. The van der Waals surface area contributed by atoms with Gasteiger partial charge in [-0.05, 0) is 79.9 Å². The molecule has 0 aromatic heterocycles. The summed E-state index contributed by atoms with van der Waals surface area (Å²) in [6.07, 6.45) is 16.8. The van der Waals surface area contributed by atoms with Crippen LogP contribution in [0.2, 0.25) is 0 Å². The van der Waals surface area contributed by atoms with E-state index in [1.807, 2.05) is 0 Å². The molecule has 0 atom stereocenters. The Morgan fingerprint density at radius 3 is 1.82 bits per heavy atom. The summed E-state index contributed by atoms with van der Waals surface area (Å²) in [5.41, 5.74) is 0.218. The van der Waals surface area contributed by atoms with Crippen LogP contribution in [0.3, 0.4) is 0 Å². The van der Waals surface area contributed by atoms with Gasteiger partial charge in [-0.2, -0.15) is 5.26 Å². The van der Waals surface area contributed by atoms with Gasteiger partial charge in [0.2, 0.25) is 0 Å². The maximum atomic E-state index is 13.8. The number of halogens is 2. The van der Waals surface area contributed by atoms with E-state index in [1.165, 1.54) is 82.8 Å². The third kappa shape index (κ3) is 5.56. The van der Waals surface area contributed by atoms with E-state index >= 15 is 0 Å². The predicted octanol–water partition coefficient (Wildman–Crippen LogP) is 7.57. The van der Waals surface area contributed by atoms with E-state index in [9.17, 15) is 8.78 Å². The fraction of sp³-hybridized carbons (Fsp3) is 0.720. The minimum absolute atomic E-state index is 0.464. The highest BCUT2D eigenvalue weighted by Crippen LogP contribution is 2.43. The molecule has 0 unspecified atom stereocenters. The highest BCUT2D eigenvalue weighted by Gasteiger charge is 2.30. The second-order valence-corrected chi connectivity index (χ2v) is 9.29. The summed E-state index contributed by atoms with van der Waals surface area (Å²) in [7, 11) is 0. The Balaban J connectivity index is 1.40. The predicted molar refractivity (Wildman–Crippen MR) is 110 cm³/mol. The van der Waals surface area contributed by atoms with Gasteiger partial charge in [-0.3, -0.25) is 0 Å². The molecular formula is C25H35F2N. The molecule has 3 heteroatoms. The van der Waals surface area contributed by atoms with Gasteiger partial charge in [0.25, 0.3) is 0 Å². The number of aryl methyl sites for hydroxylation is 1. The highest BCUT2D eigenvalue weighted by atomic mass is 19.1. The molecule has 0 bridgehead atoms. The Bertz CT molecular complexity index is 639. The zero-order valence-corrected chi connectivity index (χ0v) is 17.4.